The molecule has 1 aromatic heterocycles. The van der Waals surface area contributed by atoms with Crippen molar-refractivity contribution >= 4 is 17.7 Å². The van der Waals surface area contributed by atoms with Gasteiger partial charge < -0.3 is 19.3 Å². The third-order valence-corrected chi connectivity index (χ3v) is 6.57. The summed E-state index contributed by atoms with van der Waals surface area (Å²) in [6.07, 6.45) is 11.1. The molecule has 2 aromatic rings. The fraction of sp³-hybridized carbons (Fsp3) is 0.542. The highest BCUT2D eigenvalue weighted by atomic mass is 16.6. The van der Waals surface area contributed by atoms with E-state index in [1.165, 1.54) is 41.3 Å². The van der Waals surface area contributed by atoms with E-state index in [0.717, 1.165) is 50.6 Å². The molecule has 1 unspecified atom stereocenters. The first-order valence-corrected chi connectivity index (χ1v) is 11.5. The van der Waals surface area contributed by atoms with Crippen LogP contribution in [0.4, 0.5) is 5.69 Å². The van der Waals surface area contributed by atoms with Crippen LogP contribution in [0.15, 0.2) is 27.8 Å². The molecule has 0 amide bonds. The SMILES string of the molecule is CCCCCOC(=O)C1(c2ccno2)CN=C(Nc2c3c(cc4c2CCC4)CCC3)O1. The molecule has 0 radical (unpaired) electrons. The molecule has 1 aromatic carbocycles. The van der Waals surface area contributed by atoms with Crippen molar-refractivity contribution in [1.82, 2.24) is 5.16 Å². The number of rotatable bonds is 7. The lowest BCUT2D eigenvalue weighted by molar-refractivity contribution is -0.164. The van der Waals surface area contributed by atoms with Gasteiger partial charge in [0.25, 0.3) is 11.6 Å². The Kier molecular flexibility index (Phi) is 5.42. The third-order valence-electron chi connectivity index (χ3n) is 6.57. The quantitative estimate of drug-likeness (QED) is 0.533. The van der Waals surface area contributed by atoms with Crippen LogP contribution in [0.1, 0.15) is 67.0 Å². The number of fused-ring (bicyclic) bond motifs is 2. The standard InChI is InChI=1S/C24H29N3O4/c1-2-3-4-13-29-22(28)24(20-11-12-26-31-20)15-25-23(30-24)27-21-18-9-5-7-16(18)14-17-8-6-10-19(17)21/h11-12,14H,2-10,13,15H2,1H3,(H,25,27). The van der Waals surface area contributed by atoms with Gasteiger partial charge >= 0.3 is 5.97 Å². The molecule has 164 valence electrons. The van der Waals surface area contributed by atoms with Gasteiger partial charge in [-0.1, -0.05) is 31.0 Å². The molecule has 1 aliphatic heterocycles. The van der Waals surface area contributed by atoms with Crippen LogP contribution in [-0.4, -0.2) is 30.3 Å². The number of nitrogens with one attached hydrogen (secondary N) is 1. The van der Waals surface area contributed by atoms with Gasteiger partial charge in [-0.3, -0.25) is 0 Å². The van der Waals surface area contributed by atoms with Gasteiger partial charge in [0.1, 0.15) is 6.54 Å². The third kappa shape index (κ3) is 3.60. The van der Waals surface area contributed by atoms with E-state index in [4.69, 9.17) is 14.0 Å². The highest BCUT2D eigenvalue weighted by Gasteiger charge is 2.52. The number of ether oxygens (including phenoxy) is 2. The predicted octanol–water partition coefficient (Wildman–Crippen LogP) is 4.08. The van der Waals surface area contributed by atoms with E-state index < -0.39 is 11.6 Å². The Morgan fingerprint density at radius 1 is 1.16 bits per heavy atom. The number of anilines is 1. The number of nitrogens with zero attached hydrogens (tertiary/aromatic N) is 2. The molecular formula is C24H29N3O4. The Labute approximate surface area is 182 Å². The van der Waals surface area contributed by atoms with Crippen LogP contribution in [0.5, 0.6) is 0 Å². The van der Waals surface area contributed by atoms with Gasteiger partial charge in [-0.15, -0.1) is 0 Å². The summed E-state index contributed by atoms with van der Waals surface area (Å²) in [5.74, 6) is -0.165. The van der Waals surface area contributed by atoms with Crippen molar-refractivity contribution in [3.8, 4) is 0 Å². The van der Waals surface area contributed by atoms with Crippen LogP contribution in [0.3, 0.4) is 0 Å². The number of aryl methyl sites for hydroxylation is 2. The Morgan fingerprint density at radius 2 is 1.94 bits per heavy atom. The van der Waals surface area contributed by atoms with E-state index in [-0.39, 0.29) is 6.54 Å². The van der Waals surface area contributed by atoms with E-state index in [0.29, 0.717) is 18.4 Å². The van der Waals surface area contributed by atoms with Gasteiger partial charge in [0.05, 0.1) is 12.8 Å². The van der Waals surface area contributed by atoms with Crippen LogP contribution >= 0.6 is 0 Å². The summed E-state index contributed by atoms with van der Waals surface area (Å²) >= 11 is 0. The molecule has 0 bridgehead atoms. The number of carbonyl (C=O) groups excluding carboxylic acids is 1. The molecule has 7 heteroatoms. The molecule has 3 aliphatic rings. The van der Waals surface area contributed by atoms with Crippen LogP contribution < -0.4 is 5.32 Å². The highest BCUT2D eigenvalue weighted by molar-refractivity contribution is 5.96. The predicted molar refractivity (Wildman–Crippen MR) is 116 cm³/mol. The molecule has 0 fully saturated rings. The fourth-order valence-corrected chi connectivity index (χ4v) is 4.94. The Morgan fingerprint density at radius 3 is 2.61 bits per heavy atom. The summed E-state index contributed by atoms with van der Waals surface area (Å²) in [6, 6.07) is 4.37. The number of aliphatic imine (C=N–C) groups is 1. The molecular weight excluding hydrogens is 394 g/mol. The van der Waals surface area contributed by atoms with Crippen molar-refractivity contribution < 1.29 is 18.8 Å². The first-order valence-electron chi connectivity index (χ1n) is 11.5. The van der Waals surface area contributed by atoms with Gasteiger partial charge in [0, 0.05) is 11.8 Å². The Bertz CT molecular complexity index is 966. The number of hydrogen-bond donors (Lipinski definition) is 1. The van der Waals surface area contributed by atoms with Crippen molar-refractivity contribution in [2.24, 2.45) is 4.99 Å². The highest BCUT2D eigenvalue weighted by Crippen LogP contribution is 2.40. The fourth-order valence-electron chi connectivity index (χ4n) is 4.94. The largest absolute Gasteiger partial charge is 0.462 e. The first kappa shape index (κ1) is 20.1. The molecule has 2 aliphatic carbocycles. The van der Waals surface area contributed by atoms with Crippen LogP contribution in [-0.2, 0) is 45.6 Å². The van der Waals surface area contributed by atoms with Crippen LogP contribution in [0.25, 0.3) is 0 Å². The van der Waals surface area contributed by atoms with Crippen molar-refractivity contribution in [3.05, 3.63) is 46.3 Å². The number of unbranched alkanes of at least 4 members (excludes halogenated alkanes) is 2. The zero-order valence-corrected chi connectivity index (χ0v) is 18.0. The average Bonchev–Trinajstić information content (AvgIpc) is 3.57. The van der Waals surface area contributed by atoms with Crippen molar-refractivity contribution in [1.29, 1.82) is 0 Å². The second kappa shape index (κ2) is 8.36. The first-order chi connectivity index (χ1) is 15.2. The topological polar surface area (TPSA) is 86.0 Å². The minimum absolute atomic E-state index is 0.106. The molecule has 0 saturated heterocycles. The van der Waals surface area contributed by atoms with Crippen LogP contribution in [0, 0.1) is 0 Å². The number of benzene rings is 1. The maximum absolute atomic E-state index is 13.1. The summed E-state index contributed by atoms with van der Waals surface area (Å²) in [4.78, 5) is 17.6. The van der Waals surface area contributed by atoms with Gasteiger partial charge in [-0.2, -0.15) is 0 Å². The molecule has 5 rings (SSSR count). The molecule has 2 heterocycles. The normalized spacial score (nSPS) is 21.4. The van der Waals surface area contributed by atoms with Crippen molar-refractivity contribution in [2.75, 3.05) is 18.5 Å². The van der Waals surface area contributed by atoms with E-state index in [2.05, 4.69) is 28.5 Å². The summed E-state index contributed by atoms with van der Waals surface area (Å²) < 4.78 is 17.1. The molecule has 1 N–H and O–H groups in total. The second-order valence-corrected chi connectivity index (χ2v) is 8.63. The summed E-state index contributed by atoms with van der Waals surface area (Å²) in [6.45, 7) is 2.57. The maximum Gasteiger partial charge on any atom is 0.360 e. The zero-order chi connectivity index (χ0) is 21.3. The van der Waals surface area contributed by atoms with Gasteiger partial charge in [-0.25, -0.2) is 9.79 Å². The lowest BCUT2D eigenvalue weighted by atomic mass is 9.99. The van der Waals surface area contributed by atoms with E-state index in [1.807, 2.05) is 0 Å². The number of carbonyl (C=O) groups is 1. The summed E-state index contributed by atoms with van der Waals surface area (Å²) in [5, 5.41) is 7.22. The van der Waals surface area contributed by atoms with Gasteiger partial charge in [0.2, 0.25) is 0 Å². The van der Waals surface area contributed by atoms with Crippen molar-refractivity contribution in [2.45, 2.75) is 70.3 Å². The lowest BCUT2D eigenvalue weighted by Crippen LogP contribution is -2.41. The van der Waals surface area contributed by atoms with Gasteiger partial charge in [-0.05, 0) is 67.2 Å². The Balaban J connectivity index is 1.38. The van der Waals surface area contributed by atoms with Crippen LogP contribution in [0.2, 0.25) is 0 Å². The smallest absolute Gasteiger partial charge is 0.360 e. The Hall–Kier alpha value is -2.83. The minimum atomic E-state index is -1.42. The van der Waals surface area contributed by atoms with E-state index >= 15 is 0 Å². The molecule has 1 atom stereocenters. The average molecular weight is 424 g/mol. The van der Waals surface area contributed by atoms with Gasteiger partial charge in [0.15, 0.2) is 5.76 Å². The second-order valence-electron chi connectivity index (χ2n) is 8.63. The zero-order valence-electron chi connectivity index (χ0n) is 18.0. The molecule has 0 saturated carbocycles. The summed E-state index contributed by atoms with van der Waals surface area (Å²) in [7, 11) is 0. The van der Waals surface area contributed by atoms with E-state index in [1.54, 1.807) is 6.07 Å². The lowest BCUT2D eigenvalue weighted by Gasteiger charge is -2.24. The van der Waals surface area contributed by atoms with Crippen molar-refractivity contribution in [3.63, 3.8) is 0 Å². The monoisotopic (exact) mass is 423 g/mol. The number of esters is 1. The minimum Gasteiger partial charge on any atom is -0.462 e. The maximum atomic E-state index is 13.1. The molecule has 7 nitrogen and oxygen atoms in total. The molecule has 31 heavy (non-hydrogen) atoms. The summed E-state index contributed by atoms with van der Waals surface area (Å²) in [5.41, 5.74) is 5.30. The van der Waals surface area contributed by atoms with E-state index in [9.17, 15) is 4.79 Å². The number of amidine groups is 1. The molecule has 0 spiro atoms. The number of hydrogen-bond acceptors (Lipinski definition) is 7. The number of aromatic nitrogens is 1.